The number of nitrogens with two attached hydrogens (primary N) is 1. The van der Waals surface area contributed by atoms with Crippen LogP contribution < -0.4 is 5.73 Å². The van der Waals surface area contributed by atoms with E-state index in [0.717, 1.165) is 0 Å². The van der Waals surface area contributed by atoms with Crippen molar-refractivity contribution < 1.29 is 18.3 Å². The molecule has 1 atom stereocenters. The molecule has 0 aliphatic heterocycles. The zero-order valence-corrected chi connectivity index (χ0v) is 10.8. The summed E-state index contributed by atoms with van der Waals surface area (Å²) >= 11 is 0. The van der Waals surface area contributed by atoms with Gasteiger partial charge in [0.15, 0.2) is 0 Å². The maximum absolute atomic E-state index is 10.9. The second kappa shape index (κ2) is 5.91. The predicted octanol–water partition coefficient (Wildman–Crippen LogP) is -1.33. The zero-order chi connectivity index (χ0) is 13.8. The van der Waals surface area contributed by atoms with Gasteiger partial charge in [-0.25, -0.2) is 8.42 Å². The highest BCUT2D eigenvalue weighted by molar-refractivity contribution is 7.90. The fourth-order valence-electron chi connectivity index (χ4n) is 1.34. The van der Waals surface area contributed by atoms with E-state index >= 15 is 0 Å². The standard InChI is InChI=1S/C9H16N4O4S/c1-18(16,17)4-2-3-13-6-7(11-12-13)5-8(10)9(14)15/h6,8H,2-5,10H2,1H3,(H,14,15). The van der Waals surface area contributed by atoms with Crippen LogP contribution in [0, 0.1) is 0 Å². The van der Waals surface area contributed by atoms with Gasteiger partial charge in [-0.15, -0.1) is 5.10 Å². The number of carboxylic acids is 1. The second-order valence-corrected chi connectivity index (χ2v) is 6.36. The molecule has 0 fully saturated rings. The van der Waals surface area contributed by atoms with Crippen LogP contribution in [-0.4, -0.2) is 52.5 Å². The highest BCUT2D eigenvalue weighted by Crippen LogP contribution is 1.99. The summed E-state index contributed by atoms with van der Waals surface area (Å²) in [5, 5.41) is 16.2. The highest BCUT2D eigenvalue weighted by Gasteiger charge is 2.14. The summed E-state index contributed by atoms with van der Waals surface area (Å²) in [6.07, 6.45) is 3.28. The molecule has 3 N–H and O–H groups in total. The topological polar surface area (TPSA) is 128 Å². The molecule has 1 unspecified atom stereocenters. The van der Waals surface area contributed by atoms with Crippen molar-refractivity contribution in [1.82, 2.24) is 15.0 Å². The van der Waals surface area contributed by atoms with Crippen LogP contribution in [0.1, 0.15) is 12.1 Å². The normalized spacial score (nSPS) is 13.4. The number of aliphatic carboxylic acids is 1. The summed E-state index contributed by atoms with van der Waals surface area (Å²) in [6.45, 7) is 0.419. The largest absolute Gasteiger partial charge is 0.480 e. The van der Waals surface area contributed by atoms with E-state index in [9.17, 15) is 13.2 Å². The lowest BCUT2D eigenvalue weighted by Crippen LogP contribution is -2.32. The Morgan fingerprint density at radius 2 is 2.28 bits per heavy atom. The maximum atomic E-state index is 10.9. The molecular formula is C9H16N4O4S. The van der Waals surface area contributed by atoms with Crippen LogP contribution in [0.2, 0.25) is 0 Å². The molecule has 102 valence electrons. The first-order valence-corrected chi connectivity index (χ1v) is 7.39. The summed E-state index contributed by atoms with van der Waals surface area (Å²) in [6, 6.07) is -1.01. The SMILES string of the molecule is CS(=O)(=O)CCCn1cc(CC(N)C(=O)O)nn1. The molecular weight excluding hydrogens is 260 g/mol. The lowest BCUT2D eigenvalue weighted by Gasteiger charge is -2.01. The number of sulfone groups is 1. The highest BCUT2D eigenvalue weighted by atomic mass is 32.2. The smallest absolute Gasteiger partial charge is 0.320 e. The van der Waals surface area contributed by atoms with Gasteiger partial charge in [0.25, 0.3) is 0 Å². The number of hydrogen-bond donors (Lipinski definition) is 2. The van der Waals surface area contributed by atoms with E-state index in [4.69, 9.17) is 10.8 Å². The van der Waals surface area contributed by atoms with E-state index in [0.29, 0.717) is 18.7 Å². The lowest BCUT2D eigenvalue weighted by molar-refractivity contribution is -0.138. The lowest BCUT2D eigenvalue weighted by atomic mass is 10.2. The third-order valence-electron chi connectivity index (χ3n) is 2.23. The molecule has 0 aromatic carbocycles. The molecule has 1 heterocycles. The Bertz CT molecular complexity index is 510. The van der Waals surface area contributed by atoms with E-state index in [-0.39, 0.29) is 12.2 Å². The zero-order valence-electron chi connectivity index (χ0n) is 9.98. The Morgan fingerprint density at radius 3 is 2.83 bits per heavy atom. The Hall–Kier alpha value is -1.48. The van der Waals surface area contributed by atoms with Crippen molar-refractivity contribution in [3.8, 4) is 0 Å². The second-order valence-electron chi connectivity index (χ2n) is 4.11. The molecule has 9 heteroatoms. The van der Waals surface area contributed by atoms with Crippen molar-refractivity contribution in [2.24, 2.45) is 5.73 Å². The fraction of sp³-hybridized carbons (Fsp3) is 0.667. The molecule has 8 nitrogen and oxygen atoms in total. The van der Waals surface area contributed by atoms with Gasteiger partial charge >= 0.3 is 5.97 Å². The Morgan fingerprint density at radius 1 is 1.61 bits per heavy atom. The average Bonchev–Trinajstić information content (AvgIpc) is 2.63. The van der Waals surface area contributed by atoms with Gasteiger partial charge in [-0.2, -0.15) is 0 Å². The fourth-order valence-corrected chi connectivity index (χ4v) is 2.00. The first-order chi connectivity index (χ1) is 8.28. The Balaban J connectivity index is 2.46. The summed E-state index contributed by atoms with van der Waals surface area (Å²) in [5.41, 5.74) is 5.84. The van der Waals surface area contributed by atoms with Crippen molar-refractivity contribution in [3.05, 3.63) is 11.9 Å². The molecule has 0 amide bonds. The van der Waals surface area contributed by atoms with Gasteiger partial charge in [0.1, 0.15) is 15.9 Å². The van der Waals surface area contributed by atoms with Gasteiger partial charge in [0.2, 0.25) is 0 Å². The van der Waals surface area contributed by atoms with Gasteiger partial charge in [-0.1, -0.05) is 5.21 Å². The van der Waals surface area contributed by atoms with Crippen LogP contribution in [0.5, 0.6) is 0 Å². The first-order valence-electron chi connectivity index (χ1n) is 5.33. The predicted molar refractivity (Wildman–Crippen MR) is 63.7 cm³/mol. The van der Waals surface area contributed by atoms with Crippen LogP contribution >= 0.6 is 0 Å². The molecule has 0 saturated carbocycles. The molecule has 0 radical (unpaired) electrons. The number of carbonyl (C=O) groups is 1. The van der Waals surface area contributed by atoms with Gasteiger partial charge in [-0.05, 0) is 6.42 Å². The van der Waals surface area contributed by atoms with E-state index in [1.54, 1.807) is 6.20 Å². The van der Waals surface area contributed by atoms with E-state index < -0.39 is 21.8 Å². The Labute approximate surface area is 105 Å². The van der Waals surface area contributed by atoms with Crippen molar-refractivity contribution in [2.45, 2.75) is 25.4 Å². The van der Waals surface area contributed by atoms with Gasteiger partial charge < -0.3 is 10.8 Å². The molecule has 0 aliphatic rings. The molecule has 0 spiro atoms. The Kier molecular flexibility index (Phi) is 4.79. The van der Waals surface area contributed by atoms with E-state index in [1.165, 1.54) is 10.9 Å². The van der Waals surface area contributed by atoms with Crippen molar-refractivity contribution in [1.29, 1.82) is 0 Å². The van der Waals surface area contributed by atoms with Gasteiger partial charge in [0.05, 0.1) is 11.4 Å². The van der Waals surface area contributed by atoms with Gasteiger partial charge in [0, 0.05) is 25.4 Å². The minimum absolute atomic E-state index is 0.0802. The van der Waals surface area contributed by atoms with Crippen LogP contribution in [0.15, 0.2) is 6.20 Å². The minimum atomic E-state index is -2.98. The number of nitrogens with zero attached hydrogens (tertiary/aromatic N) is 3. The number of aryl methyl sites for hydroxylation is 1. The van der Waals surface area contributed by atoms with Crippen LogP contribution in [0.25, 0.3) is 0 Å². The van der Waals surface area contributed by atoms with Gasteiger partial charge in [-0.3, -0.25) is 9.48 Å². The van der Waals surface area contributed by atoms with Crippen LogP contribution in [-0.2, 0) is 27.6 Å². The monoisotopic (exact) mass is 276 g/mol. The minimum Gasteiger partial charge on any atom is -0.480 e. The molecule has 0 aliphatic carbocycles. The summed E-state index contributed by atoms with van der Waals surface area (Å²) in [5.74, 6) is -1.02. The van der Waals surface area contributed by atoms with Crippen molar-refractivity contribution in [2.75, 3.05) is 12.0 Å². The molecule has 1 aromatic heterocycles. The molecule has 0 bridgehead atoms. The van der Waals surface area contributed by atoms with E-state index in [2.05, 4.69) is 10.3 Å². The molecule has 1 aromatic rings. The summed E-state index contributed by atoms with van der Waals surface area (Å²) < 4.78 is 23.3. The van der Waals surface area contributed by atoms with Crippen LogP contribution in [0.3, 0.4) is 0 Å². The third kappa shape index (κ3) is 5.23. The third-order valence-corrected chi connectivity index (χ3v) is 3.26. The number of carboxylic acid groups (broad SMARTS) is 1. The summed E-state index contributed by atoms with van der Waals surface area (Å²) in [4.78, 5) is 10.5. The quantitative estimate of drug-likeness (QED) is 0.631. The first kappa shape index (κ1) is 14.6. The number of hydrogen-bond acceptors (Lipinski definition) is 6. The van der Waals surface area contributed by atoms with Crippen molar-refractivity contribution in [3.63, 3.8) is 0 Å². The molecule has 0 saturated heterocycles. The van der Waals surface area contributed by atoms with Crippen LogP contribution in [0.4, 0.5) is 0 Å². The molecule has 1 rings (SSSR count). The number of rotatable bonds is 7. The number of aromatic nitrogens is 3. The van der Waals surface area contributed by atoms with Crippen molar-refractivity contribution >= 4 is 15.8 Å². The van der Waals surface area contributed by atoms with E-state index in [1.807, 2.05) is 0 Å². The average molecular weight is 276 g/mol. The molecule has 18 heavy (non-hydrogen) atoms. The maximum Gasteiger partial charge on any atom is 0.320 e. The summed E-state index contributed by atoms with van der Waals surface area (Å²) in [7, 11) is -2.98.